The van der Waals surface area contributed by atoms with Gasteiger partial charge in [0.15, 0.2) is 0 Å². The van der Waals surface area contributed by atoms with E-state index in [1.165, 1.54) is 13.3 Å². The van der Waals surface area contributed by atoms with Gasteiger partial charge in [0.25, 0.3) is 0 Å². The van der Waals surface area contributed by atoms with Crippen LogP contribution in [0.4, 0.5) is 4.79 Å². The van der Waals surface area contributed by atoms with E-state index >= 15 is 0 Å². The summed E-state index contributed by atoms with van der Waals surface area (Å²) in [5, 5.41) is 5.86. The lowest BCUT2D eigenvalue weighted by molar-refractivity contribution is 0.172. The number of rotatable bonds is 3. The first-order chi connectivity index (χ1) is 4.81. The van der Waals surface area contributed by atoms with Crippen molar-refractivity contribution in [2.75, 3.05) is 13.8 Å². The van der Waals surface area contributed by atoms with Crippen molar-refractivity contribution in [3.8, 4) is 0 Å². The Kier molecular flexibility index (Phi) is 5.36. The van der Waals surface area contributed by atoms with Gasteiger partial charge in [-0.2, -0.15) is 5.10 Å². The third-order valence-corrected chi connectivity index (χ3v) is 0.672. The Morgan fingerprint density at radius 1 is 1.80 bits per heavy atom. The van der Waals surface area contributed by atoms with E-state index in [9.17, 15) is 4.79 Å². The molecule has 0 aromatic heterocycles. The molecule has 5 heteroatoms. The number of hydrogen-bond donors (Lipinski definition) is 2. The average Bonchev–Trinajstić information content (AvgIpc) is 1.97. The van der Waals surface area contributed by atoms with Gasteiger partial charge in [-0.1, -0.05) is 0 Å². The highest BCUT2D eigenvalue weighted by molar-refractivity contribution is 5.74. The van der Waals surface area contributed by atoms with Crippen LogP contribution in [0, 0.1) is 0 Å². The second-order valence-electron chi connectivity index (χ2n) is 1.44. The van der Waals surface area contributed by atoms with E-state index in [1.54, 1.807) is 6.92 Å². The highest BCUT2D eigenvalue weighted by Gasteiger charge is 1.92. The first-order valence-corrected chi connectivity index (χ1v) is 2.81. The molecule has 0 aliphatic rings. The number of hydrazone groups is 1. The first-order valence-electron chi connectivity index (χ1n) is 2.81. The van der Waals surface area contributed by atoms with Gasteiger partial charge >= 0.3 is 6.03 Å². The Labute approximate surface area is 59.4 Å². The number of urea groups is 1. The van der Waals surface area contributed by atoms with E-state index in [1.807, 2.05) is 0 Å². The highest BCUT2D eigenvalue weighted by atomic mass is 16.5. The third-order valence-electron chi connectivity index (χ3n) is 0.672. The molecule has 0 radical (unpaired) electrons. The van der Waals surface area contributed by atoms with E-state index in [4.69, 9.17) is 0 Å². The Hall–Kier alpha value is -1.10. The fourth-order valence-corrected chi connectivity index (χ4v) is 0.300. The fraction of sp³-hybridized carbons (Fsp3) is 0.600. The Morgan fingerprint density at radius 3 is 3.00 bits per heavy atom. The summed E-state index contributed by atoms with van der Waals surface area (Å²) in [5.74, 6) is 0. The predicted molar refractivity (Wildman–Crippen MR) is 37.7 cm³/mol. The summed E-state index contributed by atoms with van der Waals surface area (Å²) >= 11 is 0. The minimum absolute atomic E-state index is 0.186. The largest absolute Gasteiger partial charge is 0.364 e. The van der Waals surface area contributed by atoms with Crippen molar-refractivity contribution in [3.05, 3.63) is 0 Å². The van der Waals surface area contributed by atoms with Gasteiger partial charge in [-0.15, -0.1) is 0 Å². The summed E-state index contributed by atoms with van der Waals surface area (Å²) in [4.78, 5) is 10.5. The molecule has 0 bridgehead atoms. The van der Waals surface area contributed by atoms with E-state index < -0.39 is 0 Å². The molecule has 0 aromatic rings. The summed E-state index contributed by atoms with van der Waals surface area (Å²) < 4.78 is 4.57. The van der Waals surface area contributed by atoms with Gasteiger partial charge in [-0.3, -0.25) is 0 Å². The molecule has 0 atom stereocenters. The summed E-state index contributed by atoms with van der Waals surface area (Å²) in [6.45, 7) is 1.89. The SMILES string of the molecule is CC=NNC(=O)NCOC. The van der Waals surface area contributed by atoms with Gasteiger partial charge in [0.2, 0.25) is 0 Å². The predicted octanol–water partition coefficient (Wildman–Crippen LogP) is -0.105. The van der Waals surface area contributed by atoms with Gasteiger partial charge in [0, 0.05) is 13.3 Å². The van der Waals surface area contributed by atoms with Crippen LogP contribution >= 0.6 is 0 Å². The molecule has 5 nitrogen and oxygen atoms in total. The molecule has 0 rings (SSSR count). The Morgan fingerprint density at radius 2 is 2.50 bits per heavy atom. The van der Waals surface area contributed by atoms with Crippen molar-refractivity contribution in [3.63, 3.8) is 0 Å². The number of nitrogens with zero attached hydrogens (tertiary/aromatic N) is 1. The van der Waals surface area contributed by atoms with Crippen LogP contribution in [-0.4, -0.2) is 26.1 Å². The minimum Gasteiger partial charge on any atom is -0.364 e. The van der Waals surface area contributed by atoms with Crippen LogP contribution in [-0.2, 0) is 4.74 Å². The van der Waals surface area contributed by atoms with E-state index in [0.717, 1.165) is 0 Å². The maximum atomic E-state index is 10.5. The van der Waals surface area contributed by atoms with E-state index in [0.29, 0.717) is 0 Å². The maximum absolute atomic E-state index is 10.5. The number of nitrogens with one attached hydrogen (secondary N) is 2. The molecule has 0 unspecified atom stereocenters. The van der Waals surface area contributed by atoms with Crippen molar-refractivity contribution < 1.29 is 9.53 Å². The Bertz CT molecular complexity index is 124. The molecular formula is C5H11N3O2. The lowest BCUT2D eigenvalue weighted by Gasteiger charge is -2.00. The number of methoxy groups -OCH3 is 1. The third kappa shape index (κ3) is 5.04. The number of carbonyl (C=O) groups excluding carboxylic acids is 1. The second kappa shape index (κ2) is 6.03. The quantitative estimate of drug-likeness (QED) is 0.331. The van der Waals surface area contributed by atoms with Gasteiger partial charge in [0.1, 0.15) is 6.73 Å². The smallest absolute Gasteiger partial charge is 0.336 e. The van der Waals surface area contributed by atoms with Crippen LogP contribution in [0.1, 0.15) is 6.92 Å². The molecule has 0 spiro atoms. The van der Waals surface area contributed by atoms with Gasteiger partial charge in [0.05, 0.1) is 0 Å². The lowest BCUT2D eigenvalue weighted by atomic mass is 10.9. The molecule has 0 saturated heterocycles. The van der Waals surface area contributed by atoms with Gasteiger partial charge in [-0.05, 0) is 6.92 Å². The maximum Gasteiger partial charge on any atom is 0.336 e. The minimum atomic E-state index is -0.375. The number of amides is 2. The fourth-order valence-electron chi connectivity index (χ4n) is 0.300. The molecule has 0 aliphatic heterocycles. The average molecular weight is 145 g/mol. The van der Waals surface area contributed by atoms with Crippen molar-refractivity contribution in [2.24, 2.45) is 5.10 Å². The molecule has 2 N–H and O–H groups in total. The van der Waals surface area contributed by atoms with E-state index in [2.05, 4.69) is 20.6 Å². The first kappa shape index (κ1) is 8.90. The van der Waals surface area contributed by atoms with Crippen LogP contribution in [0.5, 0.6) is 0 Å². The van der Waals surface area contributed by atoms with Crippen molar-refractivity contribution in [2.45, 2.75) is 6.92 Å². The van der Waals surface area contributed by atoms with Crippen LogP contribution < -0.4 is 10.7 Å². The molecule has 2 amide bonds. The zero-order valence-corrected chi connectivity index (χ0v) is 6.05. The monoisotopic (exact) mass is 145 g/mol. The molecule has 0 heterocycles. The van der Waals surface area contributed by atoms with Crippen LogP contribution in [0.3, 0.4) is 0 Å². The lowest BCUT2D eigenvalue weighted by Crippen LogP contribution is -2.33. The normalized spacial score (nSPS) is 9.80. The van der Waals surface area contributed by atoms with Crippen molar-refractivity contribution in [1.82, 2.24) is 10.7 Å². The number of ether oxygens (including phenoxy) is 1. The summed E-state index contributed by atoms with van der Waals surface area (Å²) in [6, 6.07) is -0.375. The molecule has 58 valence electrons. The highest BCUT2D eigenvalue weighted by Crippen LogP contribution is 1.64. The molecule has 10 heavy (non-hydrogen) atoms. The molecule has 0 aliphatic carbocycles. The topological polar surface area (TPSA) is 62.7 Å². The standard InChI is InChI=1S/C5H11N3O2/c1-3-7-8-5(9)6-4-10-2/h3H,4H2,1-2H3,(H2,6,8,9). The summed E-state index contributed by atoms with van der Waals surface area (Å²) in [6.07, 6.45) is 1.48. The number of carbonyl (C=O) groups is 1. The summed E-state index contributed by atoms with van der Waals surface area (Å²) in [7, 11) is 1.49. The molecule has 0 fully saturated rings. The van der Waals surface area contributed by atoms with Gasteiger partial charge in [-0.25, -0.2) is 10.2 Å². The van der Waals surface area contributed by atoms with Crippen LogP contribution in [0.25, 0.3) is 0 Å². The zero-order chi connectivity index (χ0) is 7.82. The van der Waals surface area contributed by atoms with Crippen LogP contribution in [0.15, 0.2) is 5.10 Å². The molecular weight excluding hydrogens is 134 g/mol. The second-order valence-corrected chi connectivity index (χ2v) is 1.44. The zero-order valence-electron chi connectivity index (χ0n) is 6.05. The number of hydrogen-bond acceptors (Lipinski definition) is 3. The van der Waals surface area contributed by atoms with Crippen molar-refractivity contribution in [1.29, 1.82) is 0 Å². The van der Waals surface area contributed by atoms with E-state index in [-0.39, 0.29) is 12.8 Å². The van der Waals surface area contributed by atoms with Gasteiger partial charge < -0.3 is 10.1 Å². The molecule has 0 saturated carbocycles. The van der Waals surface area contributed by atoms with Crippen LogP contribution in [0.2, 0.25) is 0 Å². The summed E-state index contributed by atoms with van der Waals surface area (Å²) in [5.41, 5.74) is 2.21. The Balaban J connectivity index is 3.25. The van der Waals surface area contributed by atoms with Crippen molar-refractivity contribution >= 4 is 12.2 Å². The molecule has 0 aromatic carbocycles.